The number of rotatable bonds is 14. The van der Waals surface area contributed by atoms with Gasteiger partial charge in [0, 0.05) is 24.7 Å². The van der Waals surface area contributed by atoms with Crippen LogP contribution in [0.25, 0.3) is 0 Å². The Kier molecular flexibility index (Phi) is 45.6. The number of allylic oxidation sites excluding steroid dienone is 3. The van der Waals surface area contributed by atoms with E-state index in [9.17, 15) is 4.79 Å². The number of benzene rings is 1. The third-order valence-corrected chi connectivity index (χ3v) is 7.14. The van der Waals surface area contributed by atoms with Crippen LogP contribution in [0.5, 0.6) is 5.75 Å². The molecule has 0 aliphatic heterocycles. The van der Waals surface area contributed by atoms with Crippen molar-refractivity contribution in [3.05, 3.63) is 65.9 Å². The molecule has 0 fully saturated rings. The molecule has 0 saturated carbocycles. The van der Waals surface area contributed by atoms with E-state index in [2.05, 4.69) is 106 Å². The second kappa shape index (κ2) is 40.0. The molecule has 0 aliphatic rings. The molecule has 1 aromatic rings. The largest absolute Gasteiger partial charge is 0.497 e. The molecule has 1 unspecified atom stereocenters. The molecule has 1 rings (SSSR count). The fourth-order valence-electron chi connectivity index (χ4n) is 3.44. The van der Waals surface area contributed by atoms with E-state index in [1.807, 2.05) is 6.92 Å². The number of terminal acetylenes is 1. The van der Waals surface area contributed by atoms with Crippen LogP contribution in [0.2, 0.25) is 0 Å². The first-order valence-corrected chi connectivity index (χ1v) is 17.3. The van der Waals surface area contributed by atoms with Gasteiger partial charge in [0.1, 0.15) is 5.75 Å². The van der Waals surface area contributed by atoms with Gasteiger partial charge in [-0.05, 0) is 77.6 Å². The number of hydrogen-bond acceptors (Lipinski definition) is 3. The maximum absolute atomic E-state index is 10.8. The molecule has 1 N–H and O–H groups in total. The number of nitrogens with one attached hydrogen (secondary N) is 1. The molecule has 0 radical (unpaired) electrons. The molecule has 0 aromatic heterocycles. The molecule has 4 heteroatoms. The zero-order chi connectivity index (χ0) is 36.9. The number of methoxy groups -OCH3 is 1. The van der Waals surface area contributed by atoms with E-state index in [1.165, 1.54) is 68.9 Å². The summed E-state index contributed by atoms with van der Waals surface area (Å²) in [6.45, 7) is 33.0. The van der Waals surface area contributed by atoms with Gasteiger partial charge in [0.15, 0.2) is 5.78 Å². The lowest BCUT2D eigenvalue weighted by Gasteiger charge is -2.05. The molecule has 266 valence electrons. The van der Waals surface area contributed by atoms with Crippen molar-refractivity contribution < 1.29 is 9.53 Å². The summed E-state index contributed by atoms with van der Waals surface area (Å²) in [5.74, 6) is 3.65. The lowest BCUT2D eigenvalue weighted by atomic mass is 10.0. The van der Waals surface area contributed by atoms with E-state index in [0.29, 0.717) is 5.56 Å². The average Bonchev–Trinajstić information content (AvgIpc) is 3.03. The highest BCUT2D eigenvalue weighted by Gasteiger charge is 1.98. The van der Waals surface area contributed by atoms with Crippen LogP contribution < -0.4 is 10.1 Å². The summed E-state index contributed by atoms with van der Waals surface area (Å²) in [5, 5.41) is 3.01. The number of ether oxygens (including phenoxy) is 1. The number of unbranched alkanes of at least 4 members (excludes halogenated alkanes) is 2. The SMILES string of the molecule is C#C.C=CCC(=C)NC(C)=NC.CC(C)=C(C)C.CCCC(C)CCC.CCCCCC(C)CC.COc1ccc(C(C)=O)cc1. The van der Waals surface area contributed by atoms with Gasteiger partial charge in [0.05, 0.1) is 12.9 Å². The number of carbonyl (C=O) groups excluding carboxylic acids is 1. The predicted molar refractivity (Wildman–Crippen MR) is 211 cm³/mol. The first kappa shape index (κ1) is 52.5. The Bertz CT molecular complexity index is 899. The van der Waals surface area contributed by atoms with Gasteiger partial charge in [0.25, 0.3) is 0 Å². The normalized spacial score (nSPS) is 10.2. The van der Waals surface area contributed by atoms with Crippen LogP contribution in [-0.2, 0) is 0 Å². The molecule has 0 saturated heterocycles. The Morgan fingerprint density at radius 1 is 0.848 bits per heavy atom. The van der Waals surface area contributed by atoms with Crippen LogP contribution in [0.1, 0.15) is 158 Å². The van der Waals surface area contributed by atoms with E-state index in [1.54, 1.807) is 51.4 Å². The van der Waals surface area contributed by atoms with Crippen molar-refractivity contribution in [3.8, 4) is 18.6 Å². The van der Waals surface area contributed by atoms with Crippen LogP contribution in [-0.4, -0.2) is 25.8 Å². The molecule has 4 nitrogen and oxygen atoms in total. The Morgan fingerprint density at radius 2 is 1.33 bits per heavy atom. The van der Waals surface area contributed by atoms with Gasteiger partial charge < -0.3 is 10.1 Å². The quantitative estimate of drug-likeness (QED) is 0.0549. The van der Waals surface area contributed by atoms with Gasteiger partial charge in [-0.2, -0.15) is 0 Å². The van der Waals surface area contributed by atoms with Gasteiger partial charge in [0.2, 0.25) is 0 Å². The van der Waals surface area contributed by atoms with Crippen molar-refractivity contribution in [2.75, 3.05) is 14.2 Å². The van der Waals surface area contributed by atoms with Crippen LogP contribution in [0.3, 0.4) is 0 Å². The summed E-state index contributed by atoms with van der Waals surface area (Å²) in [5.41, 5.74) is 4.49. The zero-order valence-corrected chi connectivity index (χ0v) is 32.9. The average molecular weight is 641 g/mol. The highest BCUT2D eigenvalue weighted by Crippen LogP contribution is 2.12. The summed E-state index contributed by atoms with van der Waals surface area (Å²) >= 11 is 0. The van der Waals surface area contributed by atoms with Gasteiger partial charge >= 0.3 is 0 Å². The second-order valence-electron chi connectivity index (χ2n) is 12.0. The molecule has 0 amide bonds. The Labute approximate surface area is 288 Å². The van der Waals surface area contributed by atoms with Crippen LogP contribution in [0.15, 0.2) is 65.3 Å². The van der Waals surface area contributed by atoms with E-state index >= 15 is 0 Å². The van der Waals surface area contributed by atoms with Crippen molar-refractivity contribution in [1.29, 1.82) is 0 Å². The lowest BCUT2D eigenvalue weighted by molar-refractivity contribution is 0.101. The first-order chi connectivity index (χ1) is 21.7. The Hall–Kier alpha value is -3.06. The van der Waals surface area contributed by atoms with E-state index in [4.69, 9.17) is 4.74 Å². The number of carbonyl (C=O) groups is 1. The van der Waals surface area contributed by atoms with Crippen molar-refractivity contribution in [2.24, 2.45) is 16.8 Å². The highest BCUT2D eigenvalue weighted by molar-refractivity contribution is 5.94. The van der Waals surface area contributed by atoms with Crippen LogP contribution in [0, 0.1) is 24.7 Å². The van der Waals surface area contributed by atoms with Crippen molar-refractivity contribution >= 4 is 11.6 Å². The van der Waals surface area contributed by atoms with E-state index < -0.39 is 0 Å². The number of nitrogens with zero attached hydrogens (tertiary/aromatic N) is 1. The minimum absolute atomic E-state index is 0.0765. The summed E-state index contributed by atoms with van der Waals surface area (Å²) in [7, 11) is 3.34. The number of hydrogen-bond donors (Lipinski definition) is 1. The van der Waals surface area contributed by atoms with Gasteiger partial charge in [-0.15, -0.1) is 19.4 Å². The van der Waals surface area contributed by atoms with Crippen molar-refractivity contribution in [2.45, 2.75) is 147 Å². The molecular weight excluding hydrogens is 564 g/mol. The van der Waals surface area contributed by atoms with Gasteiger partial charge in [-0.1, -0.05) is 123 Å². The topological polar surface area (TPSA) is 50.7 Å². The van der Waals surface area contributed by atoms with Gasteiger partial charge in [-0.25, -0.2) is 0 Å². The molecule has 0 spiro atoms. The fourth-order valence-corrected chi connectivity index (χ4v) is 3.44. The van der Waals surface area contributed by atoms with Crippen molar-refractivity contribution in [3.63, 3.8) is 0 Å². The summed E-state index contributed by atoms with van der Waals surface area (Å²) in [4.78, 5) is 14.7. The third-order valence-electron chi connectivity index (χ3n) is 7.14. The Balaban J connectivity index is -0.000000152. The fraction of sp³-hybridized carbons (Fsp3) is 0.619. The number of amidine groups is 1. The maximum Gasteiger partial charge on any atom is 0.159 e. The summed E-state index contributed by atoms with van der Waals surface area (Å²) < 4.78 is 4.94. The maximum atomic E-state index is 10.8. The minimum atomic E-state index is 0.0765. The van der Waals surface area contributed by atoms with E-state index in [-0.39, 0.29) is 5.78 Å². The zero-order valence-electron chi connectivity index (χ0n) is 32.9. The monoisotopic (exact) mass is 641 g/mol. The molecule has 1 atom stereocenters. The van der Waals surface area contributed by atoms with Crippen LogP contribution in [0.4, 0.5) is 0 Å². The number of ketones is 1. The molecule has 0 aliphatic carbocycles. The molecule has 0 bridgehead atoms. The van der Waals surface area contributed by atoms with Gasteiger partial charge in [-0.3, -0.25) is 9.79 Å². The molecular formula is C42H76N2O2. The standard InChI is InChI=1S/C9H10O2.C9H20.C8H14N2.C8H18.C6H12.C2H2/c1-7(10)8-3-5-9(11-2)6-4-8;1-4-6-7-8-9(3)5-2;1-5-6-7(2)10-8(3)9-4;1-4-6-8(3)7-5-2;1-5(2)6(3)4;1-2/h3-6H,1-2H3;9H,4-8H2,1-3H3;5H,1-2,6H2,3-4H3,(H,9,10);8H,4-7H2,1-3H3;1-4H3;1-2H. The molecule has 46 heavy (non-hydrogen) atoms. The van der Waals surface area contributed by atoms with Crippen LogP contribution >= 0.6 is 0 Å². The first-order valence-electron chi connectivity index (χ1n) is 17.3. The lowest BCUT2D eigenvalue weighted by Crippen LogP contribution is -2.18. The van der Waals surface area contributed by atoms with E-state index in [0.717, 1.165) is 35.5 Å². The minimum Gasteiger partial charge on any atom is -0.497 e. The molecule has 0 heterocycles. The smallest absolute Gasteiger partial charge is 0.159 e. The highest BCUT2D eigenvalue weighted by atomic mass is 16.5. The predicted octanol–water partition coefficient (Wildman–Crippen LogP) is 13.1. The molecule has 1 aromatic carbocycles. The van der Waals surface area contributed by atoms with Crippen molar-refractivity contribution in [1.82, 2.24) is 5.32 Å². The number of aliphatic imine (C=N–C) groups is 1. The second-order valence-corrected chi connectivity index (χ2v) is 12.0. The summed E-state index contributed by atoms with van der Waals surface area (Å²) in [6, 6.07) is 7.05. The third kappa shape index (κ3) is 43.1. The summed E-state index contributed by atoms with van der Waals surface area (Å²) in [6.07, 6.45) is 23.1. The number of Topliss-reactive ketones (excluding diaryl/α,β-unsaturated/α-hetero) is 1. The Morgan fingerprint density at radius 3 is 1.63 bits per heavy atom.